The van der Waals surface area contributed by atoms with Gasteiger partial charge in [-0.3, -0.25) is 4.79 Å². The summed E-state index contributed by atoms with van der Waals surface area (Å²) in [7, 11) is 1.31. The normalized spacial score (nSPS) is 8.89. The number of esters is 1. The third kappa shape index (κ3) is 4.56. The molecule has 0 heterocycles. The number of ether oxygens (including phenoxy) is 1. The van der Waals surface area contributed by atoms with Crippen molar-refractivity contribution in [3.8, 4) is 6.07 Å². The van der Waals surface area contributed by atoms with Crippen LogP contribution in [0.25, 0.3) is 0 Å². The Kier molecular flexibility index (Phi) is 4.15. The largest absolute Gasteiger partial charge is 0.469 e. The summed E-state index contributed by atoms with van der Waals surface area (Å²) >= 11 is 0. The lowest BCUT2D eigenvalue weighted by Crippen LogP contribution is -1.96. The van der Waals surface area contributed by atoms with Crippen LogP contribution < -0.4 is 0 Å². The van der Waals surface area contributed by atoms with Crippen LogP contribution in [0, 0.1) is 11.3 Å². The van der Waals surface area contributed by atoms with Crippen molar-refractivity contribution in [2.45, 2.75) is 6.42 Å². The minimum Gasteiger partial charge on any atom is -0.469 e. The van der Waals surface area contributed by atoms with Gasteiger partial charge in [-0.25, -0.2) is 0 Å². The Balaban J connectivity index is 3.41. The van der Waals surface area contributed by atoms with Crippen molar-refractivity contribution in [2.75, 3.05) is 7.11 Å². The summed E-state index contributed by atoms with van der Waals surface area (Å²) in [5.74, 6) is -0.332. The minimum absolute atomic E-state index is 0.171. The number of nitrogens with zero attached hydrogens (tertiary/aromatic N) is 1. The summed E-state index contributed by atoms with van der Waals surface area (Å²) < 4.78 is 4.30. The number of carbonyl (C=O) groups is 1. The van der Waals surface area contributed by atoms with Crippen LogP contribution in [0.5, 0.6) is 0 Å². The molecule has 0 rings (SSSR count). The average Bonchev–Trinajstić information content (AvgIpc) is 1.89. The molecule has 48 valence electrons. The highest BCUT2D eigenvalue weighted by atomic mass is 16.5. The number of allylic oxidation sites excluding steroid dienone is 1. The van der Waals surface area contributed by atoms with Crippen LogP contribution in [0.4, 0.5) is 0 Å². The van der Waals surface area contributed by atoms with Gasteiger partial charge in [0.2, 0.25) is 0 Å². The first-order valence-corrected chi connectivity index (χ1v) is 2.42. The van der Waals surface area contributed by atoms with Gasteiger partial charge in [0, 0.05) is 6.08 Å². The Morgan fingerprint density at radius 2 is 2.56 bits per heavy atom. The molecule has 0 atom stereocenters. The molecule has 0 unspecified atom stereocenters. The number of methoxy groups -OCH3 is 1. The van der Waals surface area contributed by atoms with E-state index < -0.39 is 0 Å². The van der Waals surface area contributed by atoms with Crippen LogP contribution in [0.1, 0.15) is 6.42 Å². The van der Waals surface area contributed by atoms with Gasteiger partial charge in [0.1, 0.15) is 0 Å². The van der Waals surface area contributed by atoms with Crippen molar-refractivity contribution in [1.29, 1.82) is 5.26 Å². The summed E-state index contributed by atoms with van der Waals surface area (Å²) in [5.41, 5.74) is 0. The van der Waals surface area contributed by atoms with E-state index in [2.05, 4.69) is 4.74 Å². The molecule has 0 spiro atoms. The van der Waals surface area contributed by atoms with E-state index >= 15 is 0 Å². The Bertz CT molecular complexity index is 155. The lowest BCUT2D eigenvalue weighted by Gasteiger charge is -1.89. The van der Waals surface area contributed by atoms with Crippen molar-refractivity contribution >= 4 is 5.97 Å². The average molecular weight is 125 g/mol. The van der Waals surface area contributed by atoms with Gasteiger partial charge in [0.15, 0.2) is 0 Å². The lowest BCUT2D eigenvalue weighted by atomic mass is 10.4. The van der Waals surface area contributed by atoms with Crippen molar-refractivity contribution < 1.29 is 9.53 Å². The molecule has 3 nitrogen and oxygen atoms in total. The van der Waals surface area contributed by atoms with E-state index in [1.54, 1.807) is 6.07 Å². The Morgan fingerprint density at radius 3 is 3.00 bits per heavy atom. The van der Waals surface area contributed by atoms with Crippen LogP contribution in [-0.4, -0.2) is 13.1 Å². The smallest absolute Gasteiger partial charge is 0.309 e. The summed E-state index contributed by atoms with van der Waals surface area (Å²) in [6.07, 6.45) is 2.87. The van der Waals surface area contributed by atoms with E-state index in [9.17, 15) is 4.79 Å². The monoisotopic (exact) mass is 125 g/mol. The minimum atomic E-state index is -0.332. The molecule has 0 radical (unpaired) electrons. The van der Waals surface area contributed by atoms with E-state index in [0.717, 1.165) is 0 Å². The summed E-state index contributed by atoms with van der Waals surface area (Å²) in [6.45, 7) is 0. The molecular weight excluding hydrogens is 118 g/mol. The second-order valence-electron chi connectivity index (χ2n) is 1.31. The number of carbonyl (C=O) groups excluding carboxylic acids is 1. The zero-order chi connectivity index (χ0) is 7.11. The maximum absolute atomic E-state index is 10.3. The van der Waals surface area contributed by atoms with Crippen molar-refractivity contribution in [3.05, 3.63) is 12.2 Å². The van der Waals surface area contributed by atoms with E-state index in [1.807, 2.05) is 0 Å². The molecule has 0 saturated carbocycles. The van der Waals surface area contributed by atoms with Gasteiger partial charge in [-0.1, -0.05) is 6.08 Å². The maximum Gasteiger partial charge on any atom is 0.309 e. The molecule has 0 fully saturated rings. The molecular formula is C6H7NO2. The van der Waals surface area contributed by atoms with Gasteiger partial charge in [0.25, 0.3) is 0 Å². The van der Waals surface area contributed by atoms with E-state index in [1.165, 1.54) is 19.3 Å². The molecule has 9 heavy (non-hydrogen) atoms. The first kappa shape index (κ1) is 7.70. The first-order valence-electron chi connectivity index (χ1n) is 2.42. The Labute approximate surface area is 53.5 Å². The van der Waals surface area contributed by atoms with Gasteiger partial charge in [-0.2, -0.15) is 5.26 Å². The third-order valence-electron chi connectivity index (χ3n) is 0.705. The lowest BCUT2D eigenvalue weighted by molar-refractivity contribution is -0.139. The predicted molar refractivity (Wildman–Crippen MR) is 31.4 cm³/mol. The number of hydrogen-bond acceptors (Lipinski definition) is 3. The molecule has 0 bridgehead atoms. The van der Waals surface area contributed by atoms with E-state index in [0.29, 0.717) is 0 Å². The van der Waals surface area contributed by atoms with E-state index in [-0.39, 0.29) is 12.4 Å². The molecule has 0 saturated heterocycles. The van der Waals surface area contributed by atoms with Gasteiger partial charge in [-0.05, 0) is 0 Å². The van der Waals surface area contributed by atoms with Crippen molar-refractivity contribution in [3.63, 3.8) is 0 Å². The zero-order valence-electron chi connectivity index (χ0n) is 5.13. The number of nitriles is 1. The zero-order valence-corrected chi connectivity index (χ0v) is 5.13. The highest BCUT2D eigenvalue weighted by molar-refractivity contribution is 5.70. The molecule has 0 aliphatic heterocycles. The molecule has 0 aliphatic rings. The summed E-state index contributed by atoms with van der Waals surface area (Å²) in [4.78, 5) is 10.3. The topological polar surface area (TPSA) is 50.1 Å². The summed E-state index contributed by atoms with van der Waals surface area (Å²) in [6, 6.07) is 1.76. The highest BCUT2D eigenvalue weighted by Gasteiger charge is 1.91. The number of hydrogen-bond donors (Lipinski definition) is 0. The first-order chi connectivity index (χ1) is 4.31. The van der Waals surface area contributed by atoms with Gasteiger partial charge >= 0.3 is 5.97 Å². The molecule has 0 aromatic carbocycles. The molecule has 0 aromatic heterocycles. The summed E-state index contributed by atoms with van der Waals surface area (Å²) in [5, 5.41) is 7.96. The fraction of sp³-hybridized carbons (Fsp3) is 0.333. The van der Waals surface area contributed by atoms with Gasteiger partial charge in [-0.15, -0.1) is 0 Å². The van der Waals surface area contributed by atoms with Crippen molar-refractivity contribution in [1.82, 2.24) is 0 Å². The Hall–Kier alpha value is -1.30. The van der Waals surface area contributed by atoms with Crippen LogP contribution >= 0.6 is 0 Å². The van der Waals surface area contributed by atoms with Crippen LogP contribution in [0.15, 0.2) is 12.2 Å². The van der Waals surface area contributed by atoms with Crippen LogP contribution in [0.2, 0.25) is 0 Å². The van der Waals surface area contributed by atoms with Gasteiger partial charge in [0.05, 0.1) is 19.6 Å². The van der Waals surface area contributed by atoms with Crippen molar-refractivity contribution in [2.24, 2.45) is 0 Å². The quantitative estimate of drug-likeness (QED) is 0.401. The third-order valence-corrected chi connectivity index (χ3v) is 0.705. The molecule has 3 heteroatoms. The predicted octanol–water partition coefficient (Wildman–Crippen LogP) is 0.629. The standard InChI is InChI=1S/C6H7NO2/c1-9-6(8)4-2-3-5-7/h2-3H,4H2,1H3/b3-2+. The van der Waals surface area contributed by atoms with Crippen LogP contribution in [-0.2, 0) is 9.53 Å². The molecule has 0 amide bonds. The SMILES string of the molecule is COC(=O)C/C=C/C#N. The maximum atomic E-state index is 10.3. The second kappa shape index (κ2) is 4.85. The van der Waals surface area contributed by atoms with Crippen LogP contribution in [0.3, 0.4) is 0 Å². The second-order valence-corrected chi connectivity index (χ2v) is 1.31. The molecule has 0 aromatic rings. The van der Waals surface area contributed by atoms with E-state index in [4.69, 9.17) is 5.26 Å². The Morgan fingerprint density at radius 1 is 1.89 bits per heavy atom. The highest BCUT2D eigenvalue weighted by Crippen LogP contribution is 1.84. The molecule has 0 aliphatic carbocycles. The fourth-order valence-corrected chi connectivity index (χ4v) is 0.291. The fourth-order valence-electron chi connectivity index (χ4n) is 0.291. The molecule has 0 N–H and O–H groups in total. The number of rotatable bonds is 2. The van der Waals surface area contributed by atoms with Gasteiger partial charge < -0.3 is 4.74 Å².